The molecule has 0 aromatic rings. The average molecular weight is 142 g/mol. The van der Waals surface area contributed by atoms with Crippen LogP contribution in [-0.4, -0.2) is 31.4 Å². The van der Waals surface area contributed by atoms with E-state index in [1.807, 2.05) is 7.11 Å². The Morgan fingerprint density at radius 3 is 1.90 bits per heavy atom. The van der Waals surface area contributed by atoms with E-state index in [0.29, 0.717) is 0 Å². The first-order chi connectivity index (χ1) is 4.85. The van der Waals surface area contributed by atoms with Gasteiger partial charge in [0, 0.05) is 19.3 Å². The van der Waals surface area contributed by atoms with E-state index in [2.05, 4.69) is 0 Å². The zero-order chi connectivity index (χ0) is 7.03. The van der Waals surface area contributed by atoms with Crippen molar-refractivity contribution in [3.05, 3.63) is 0 Å². The lowest BCUT2D eigenvalue weighted by Crippen LogP contribution is -2.57. The predicted molar refractivity (Wildman–Crippen MR) is 39.2 cm³/mol. The average Bonchev–Trinajstić information content (AvgIpc) is 2.08. The summed E-state index contributed by atoms with van der Waals surface area (Å²) < 4.78 is 0.955. The van der Waals surface area contributed by atoms with Crippen LogP contribution in [-0.2, 0) is 4.84 Å². The van der Waals surface area contributed by atoms with Gasteiger partial charge in [-0.1, -0.05) is 0 Å². The van der Waals surface area contributed by atoms with Crippen LogP contribution in [0.3, 0.4) is 0 Å². The van der Waals surface area contributed by atoms with Crippen LogP contribution in [0, 0.1) is 5.92 Å². The topological polar surface area (TPSA) is 9.23 Å². The summed E-state index contributed by atoms with van der Waals surface area (Å²) in [5, 5.41) is 0. The van der Waals surface area contributed by atoms with Gasteiger partial charge >= 0.3 is 0 Å². The Bertz CT molecular complexity index is 113. The molecule has 2 bridgehead atoms. The first-order valence-corrected chi connectivity index (χ1v) is 4.26. The second-order valence-electron chi connectivity index (χ2n) is 3.64. The summed E-state index contributed by atoms with van der Waals surface area (Å²) >= 11 is 0. The molecule has 3 rings (SSSR count). The molecular formula is C8H16NO+. The fourth-order valence-electron chi connectivity index (χ4n) is 2.30. The zero-order valence-electron chi connectivity index (χ0n) is 6.68. The molecule has 0 aromatic heterocycles. The second-order valence-corrected chi connectivity index (χ2v) is 3.64. The number of fused-ring (bicyclic) bond motifs is 3. The molecular weight excluding hydrogens is 126 g/mol. The molecule has 0 spiro atoms. The van der Waals surface area contributed by atoms with Crippen molar-refractivity contribution in [1.29, 1.82) is 0 Å². The fourth-order valence-corrected chi connectivity index (χ4v) is 2.30. The number of nitrogens with zero attached hydrogens (tertiary/aromatic N) is 1. The molecule has 2 heteroatoms. The van der Waals surface area contributed by atoms with Crippen LogP contribution in [0.1, 0.15) is 19.3 Å². The van der Waals surface area contributed by atoms with Gasteiger partial charge in [-0.3, -0.25) is 0 Å². The zero-order valence-corrected chi connectivity index (χ0v) is 6.68. The van der Waals surface area contributed by atoms with Crippen LogP contribution in [0.2, 0.25) is 0 Å². The van der Waals surface area contributed by atoms with Gasteiger partial charge in [0.15, 0.2) is 0 Å². The molecule has 3 aliphatic heterocycles. The number of hydrogen-bond acceptors (Lipinski definition) is 1. The molecule has 3 aliphatic rings. The van der Waals surface area contributed by atoms with Gasteiger partial charge in [0.25, 0.3) is 0 Å². The van der Waals surface area contributed by atoms with E-state index >= 15 is 0 Å². The summed E-state index contributed by atoms with van der Waals surface area (Å²) in [5.74, 6) is 1.04. The largest absolute Gasteiger partial charge is 0.206 e. The molecule has 3 heterocycles. The van der Waals surface area contributed by atoms with E-state index < -0.39 is 0 Å². The van der Waals surface area contributed by atoms with Crippen LogP contribution in [0.5, 0.6) is 0 Å². The van der Waals surface area contributed by atoms with Gasteiger partial charge in [-0.25, -0.2) is 4.84 Å². The Kier molecular flexibility index (Phi) is 1.46. The standard InChI is InChI=1S/C8H16NO/c1-10-9-5-2-8(3-6-9)4-7-9/h8H,2-7H2,1H3/q+1. The van der Waals surface area contributed by atoms with E-state index in [0.717, 1.165) is 10.6 Å². The lowest BCUT2D eigenvalue weighted by atomic mass is 9.88. The van der Waals surface area contributed by atoms with Crippen molar-refractivity contribution < 1.29 is 9.48 Å². The van der Waals surface area contributed by atoms with E-state index in [-0.39, 0.29) is 0 Å². The summed E-state index contributed by atoms with van der Waals surface area (Å²) in [7, 11) is 1.85. The maximum Gasteiger partial charge on any atom is 0.109 e. The second kappa shape index (κ2) is 2.21. The monoisotopic (exact) mass is 142 g/mol. The maximum atomic E-state index is 5.50. The molecule has 0 aromatic carbocycles. The highest BCUT2D eigenvalue weighted by molar-refractivity contribution is 4.68. The number of rotatable bonds is 1. The van der Waals surface area contributed by atoms with Gasteiger partial charge in [0.2, 0.25) is 0 Å². The van der Waals surface area contributed by atoms with Gasteiger partial charge in [-0.05, 0) is 5.92 Å². The van der Waals surface area contributed by atoms with E-state index in [1.165, 1.54) is 38.9 Å². The van der Waals surface area contributed by atoms with Crippen molar-refractivity contribution in [3.63, 3.8) is 0 Å². The van der Waals surface area contributed by atoms with E-state index in [9.17, 15) is 0 Å². The van der Waals surface area contributed by atoms with E-state index in [4.69, 9.17) is 4.84 Å². The Balaban J connectivity index is 2.08. The predicted octanol–water partition coefficient (Wildman–Crippen LogP) is 1.18. The molecule has 0 unspecified atom stereocenters. The third-order valence-corrected chi connectivity index (χ3v) is 3.22. The van der Waals surface area contributed by atoms with Crippen LogP contribution < -0.4 is 0 Å². The lowest BCUT2D eigenvalue weighted by molar-refractivity contribution is -1.11. The minimum atomic E-state index is 0.955. The molecule has 0 amide bonds. The highest BCUT2D eigenvalue weighted by Crippen LogP contribution is 2.33. The molecule has 0 aliphatic carbocycles. The molecule has 3 saturated heterocycles. The Morgan fingerprint density at radius 1 is 1.10 bits per heavy atom. The molecule has 10 heavy (non-hydrogen) atoms. The van der Waals surface area contributed by atoms with Crippen LogP contribution in [0.25, 0.3) is 0 Å². The minimum absolute atomic E-state index is 0.955. The molecule has 2 nitrogen and oxygen atoms in total. The maximum absolute atomic E-state index is 5.50. The van der Waals surface area contributed by atoms with E-state index in [1.54, 1.807) is 0 Å². The fraction of sp³-hybridized carbons (Fsp3) is 1.00. The lowest BCUT2D eigenvalue weighted by Gasteiger charge is -2.45. The number of quaternary nitrogens is 1. The molecule has 0 N–H and O–H groups in total. The number of hydrogen-bond donors (Lipinski definition) is 0. The number of hydroxylamine groups is 3. The van der Waals surface area contributed by atoms with Gasteiger partial charge in [-0.2, -0.15) is 4.65 Å². The van der Waals surface area contributed by atoms with Crippen molar-refractivity contribution in [2.75, 3.05) is 26.7 Å². The van der Waals surface area contributed by atoms with Crippen molar-refractivity contribution >= 4 is 0 Å². The molecule has 58 valence electrons. The smallest absolute Gasteiger partial charge is 0.109 e. The highest BCUT2D eigenvalue weighted by Gasteiger charge is 2.40. The molecule has 0 radical (unpaired) electrons. The molecule has 0 atom stereocenters. The summed E-state index contributed by atoms with van der Waals surface area (Å²) in [6, 6.07) is 0. The van der Waals surface area contributed by atoms with Crippen molar-refractivity contribution in [2.45, 2.75) is 19.3 Å². The SMILES string of the molecule is CO[N+]12CCC(CC1)CC2. The van der Waals surface area contributed by atoms with Crippen LogP contribution in [0.15, 0.2) is 0 Å². The Labute approximate surface area is 62.3 Å². The summed E-state index contributed by atoms with van der Waals surface area (Å²) in [6.45, 7) is 3.80. The third-order valence-electron chi connectivity index (χ3n) is 3.22. The normalized spacial score (nSPS) is 45.9. The third kappa shape index (κ3) is 0.867. The first-order valence-electron chi connectivity index (χ1n) is 4.26. The summed E-state index contributed by atoms with van der Waals surface area (Å²) in [4.78, 5) is 5.50. The minimum Gasteiger partial charge on any atom is -0.206 e. The van der Waals surface area contributed by atoms with Crippen LogP contribution in [0.4, 0.5) is 0 Å². The molecule has 3 fully saturated rings. The number of piperidine rings is 3. The van der Waals surface area contributed by atoms with Crippen molar-refractivity contribution in [3.8, 4) is 0 Å². The van der Waals surface area contributed by atoms with Gasteiger partial charge in [-0.15, -0.1) is 0 Å². The summed E-state index contributed by atoms with van der Waals surface area (Å²) in [6.07, 6.45) is 4.19. The van der Waals surface area contributed by atoms with Crippen molar-refractivity contribution in [1.82, 2.24) is 0 Å². The quantitative estimate of drug-likeness (QED) is 0.499. The first kappa shape index (κ1) is 6.62. The van der Waals surface area contributed by atoms with Gasteiger partial charge in [0.05, 0.1) is 7.11 Å². The highest BCUT2D eigenvalue weighted by atomic mass is 16.7. The Hall–Kier alpha value is -0.0800. The Morgan fingerprint density at radius 2 is 1.60 bits per heavy atom. The van der Waals surface area contributed by atoms with Gasteiger partial charge < -0.3 is 0 Å². The van der Waals surface area contributed by atoms with Gasteiger partial charge in [0.1, 0.15) is 19.6 Å². The molecule has 0 saturated carbocycles. The van der Waals surface area contributed by atoms with Crippen molar-refractivity contribution in [2.24, 2.45) is 5.92 Å². The summed E-state index contributed by atoms with van der Waals surface area (Å²) in [5.41, 5.74) is 0. The van der Waals surface area contributed by atoms with Crippen LogP contribution >= 0.6 is 0 Å².